The number of nitrogens with zero attached hydrogens (tertiary/aromatic N) is 2. The molecule has 4 aromatic heterocycles. The molecule has 0 spiro atoms. The molecule has 302 valence electrons. The Morgan fingerprint density at radius 2 is 0.968 bits per heavy atom. The lowest BCUT2D eigenvalue weighted by atomic mass is 9.81. The second-order valence-corrected chi connectivity index (χ2v) is 19.2. The second kappa shape index (κ2) is 13.8. The third-order valence-corrected chi connectivity index (χ3v) is 16.1. The van der Waals surface area contributed by atoms with E-state index in [-0.39, 0.29) is 23.5 Å². The molecule has 0 N–H and O–H groups in total. The van der Waals surface area contributed by atoms with Crippen molar-refractivity contribution in [3.8, 4) is 0 Å². The molecule has 2 atom stereocenters. The van der Waals surface area contributed by atoms with Gasteiger partial charge in [-0.25, -0.2) is 8.78 Å². The van der Waals surface area contributed by atoms with Gasteiger partial charge in [-0.2, -0.15) is 0 Å². The van der Waals surface area contributed by atoms with Crippen LogP contribution in [0.1, 0.15) is 25.0 Å². The van der Waals surface area contributed by atoms with Gasteiger partial charge in [0.2, 0.25) is 0 Å². The molecule has 0 amide bonds. The van der Waals surface area contributed by atoms with Gasteiger partial charge in [-0.05, 0) is 54.8 Å². The lowest BCUT2D eigenvalue weighted by Crippen LogP contribution is -2.20. The summed E-state index contributed by atoms with van der Waals surface area (Å²) in [5.41, 5.74) is 9.08. The van der Waals surface area contributed by atoms with Gasteiger partial charge >= 0.3 is 0 Å². The predicted molar refractivity (Wildman–Crippen MR) is 266 cm³/mol. The molecule has 0 saturated carbocycles. The molecule has 0 saturated heterocycles. The van der Waals surface area contributed by atoms with Crippen LogP contribution in [0.25, 0.3) is 101 Å². The van der Waals surface area contributed by atoms with Gasteiger partial charge in [0.15, 0.2) is 0 Å². The third-order valence-electron chi connectivity index (χ3n) is 13.7. The number of thiophene rings is 2. The quantitative estimate of drug-likeness (QED) is 0.158. The third kappa shape index (κ3) is 5.19. The van der Waals surface area contributed by atoms with E-state index < -0.39 is 0 Å². The van der Waals surface area contributed by atoms with Crippen molar-refractivity contribution < 1.29 is 8.78 Å². The molecule has 13 rings (SSSR count). The fourth-order valence-electron chi connectivity index (χ4n) is 11.1. The van der Waals surface area contributed by atoms with Crippen molar-refractivity contribution >= 4 is 123 Å². The van der Waals surface area contributed by atoms with Gasteiger partial charge in [0, 0.05) is 87.2 Å². The average molecular weight is 853 g/mol. The zero-order chi connectivity index (χ0) is 42.1. The van der Waals surface area contributed by atoms with Crippen LogP contribution >= 0.6 is 22.7 Å². The van der Waals surface area contributed by atoms with Crippen molar-refractivity contribution in [1.29, 1.82) is 0 Å². The first-order chi connectivity index (χ1) is 31.0. The maximum absolute atomic E-state index is 17.0. The summed E-state index contributed by atoms with van der Waals surface area (Å²) >= 11 is 3.63. The zero-order valence-corrected chi connectivity index (χ0v) is 36.1. The van der Waals surface area contributed by atoms with E-state index in [9.17, 15) is 0 Å². The summed E-state index contributed by atoms with van der Waals surface area (Å²) in [7, 11) is 0. The fourth-order valence-corrected chi connectivity index (χ4v) is 13.6. The molecule has 0 aliphatic heterocycles. The Morgan fingerprint density at radius 1 is 0.492 bits per heavy atom. The topological polar surface area (TPSA) is 9.86 Å². The number of hydrogen-bond acceptors (Lipinski definition) is 2. The zero-order valence-electron chi connectivity index (χ0n) is 34.5. The van der Waals surface area contributed by atoms with Crippen LogP contribution in [0.2, 0.25) is 0 Å². The summed E-state index contributed by atoms with van der Waals surface area (Å²) in [6.07, 6.45) is 0. The number of halogens is 2. The van der Waals surface area contributed by atoms with Crippen molar-refractivity contribution in [2.75, 3.05) is 0 Å². The first-order valence-electron chi connectivity index (χ1n) is 21.6. The van der Waals surface area contributed by atoms with Crippen LogP contribution in [0.15, 0.2) is 175 Å². The van der Waals surface area contributed by atoms with Crippen LogP contribution in [0.5, 0.6) is 0 Å². The second-order valence-electron chi connectivity index (χ2n) is 17.1. The molecule has 63 heavy (non-hydrogen) atoms. The van der Waals surface area contributed by atoms with E-state index in [2.05, 4.69) is 144 Å². The summed E-state index contributed by atoms with van der Waals surface area (Å²) in [6, 6.07) is 57.8. The number of fused-ring (bicyclic) bond motifs is 14. The molecular weight excluding hydrogens is 815 g/mol. The van der Waals surface area contributed by atoms with Crippen molar-refractivity contribution in [2.24, 2.45) is 11.8 Å². The standard InChI is InChI=1S/C57H38F2N2S2/c1-32(31-60-46-23-11-5-15-34(46)38-27-29-40-36-17-7-13-25-48(36)62-56(40)53(38)60)50-33(2)51(42-19-3-9-21-44(42)58)55(52(50)43-20-4-10-22-45(43)59)61-47-24-12-6-16-35(47)39-28-30-41-37-18-8-14-26-49(37)63-57(41)54(39)61/h3-30,32,50H,31H2,1-2H3/t32-,50+/m0/s1. The highest BCUT2D eigenvalue weighted by molar-refractivity contribution is 7.27. The minimum absolute atomic E-state index is 0.0556. The Morgan fingerprint density at radius 3 is 1.60 bits per heavy atom. The Balaban J connectivity index is 1.14. The van der Waals surface area contributed by atoms with E-state index in [4.69, 9.17) is 0 Å². The number of benzene rings is 8. The largest absolute Gasteiger partial charge is 0.339 e. The number of aromatic nitrogens is 2. The van der Waals surface area contributed by atoms with Gasteiger partial charge in [-0.1, -0.05) is 146 Å². The van der Waals surface area contributed by atoms with E-state index in [1.54, 1.807) is 35.6 Å². The van der Waals surface area contributed by atoms with Crippen molar-refractivity contribution in [2.45, 2.75) is 20.4 Å². The maximum Gasteiger partial charge on any atom is 0.131 e. The molecule has 0 radical (unpaired) electrons. The number of rotatable bonds is 6. The highest BCUT2D eigenvalue weighted by Crippen LogP contribution is 2.56. The van der Waals surface area contributed by atoms with Gasteiger partial charge in [0.1, 0.15) is 11.6 Å². The van der Waals surface area contributed by atoms with Gasteiger partial charge in [-0.3, -0.25) is 0 Å². The van der Waals surface area contributed by atoms with Crippen molar-refractivity contribution in [1.82, 2.24) is 9.13 Å². The van der Waals surface area contributed by atoms with E-state index >= 15 is 8.78 Å². The molecule has 12 aromatic rings. The molecule has 8 aromatic carbocycles. The lowest BCUT2D eigenvalue weighted by molar-refractivity contribution is 0.433. The number of allylic oxidation sites excluding steroid dienone is 4. The minimum atomic E-state index is -0.298. The summed E-state index contributed by atoms with van der Waals surface area (Å²) < 4.78 is 43.5. The van der Waals surface area contributed by atoms with Crippen molar-refractivity contribution in [3.63, 3.8) is 0 Å². The number of hydrogen-bond donors (Lipinski definition) is 0. The van der Waals surface area contributed by atoms with Crippen molar-refractivity contribution in [3.05, 3.63) is 198 Å². The average Bonchev–Trinajstić information content (AvgIpc) is 4.11. The molecule has 0 unspecified atom stereocenters. The summed E-state index contributed by atoms with van der Waals surface area (Å²) in [5, 5.41) is 9.57. The summed E-state index contributed by atoms with van der Waals surface area (Å²) in [6.45, 7) is 5.12. The maximum atomic E-state index is 17.0. The molecule has 6 heteroatoms. The van der Waals surface area contributed by atoms with E-state index in [0.29, 0.717) is 17.7 Å². The SMILES string of the molecule is CC1=C(c2ccccc2F)C(n2c3ccccc3c3ccc4c5ccccc5sc4c32)=C(c2ccccc2F)[C@@H]1[C@@H](C)Cn1c2ccccc2c2ccc3c4ccccc4sc3c21. The van der Waals surface area contributed by atoms with E-state index in [1.807, 2.05) is 35.6 Å². The molecular formula is C57H38F2N2S2. The van der Waals surface area contributed by atoms with E-state index in [1.165, 1.54) is 57.5 Å². The van der Waals surface area contributed by atoms with Crippen LogP contribution in [-0.2, 0) is 6.54 Å². The van der Waals surface area contributed by atoms with Crippen LogP contribution in [0.3, 0.4) is 0 Å². The highest BCUT2D eigenvalue weighted by Gasteiger charge is 2.40. The van der Waals surface area contributed by atoms with Crippen LogP contribution in [-0.4, -0.2) is 9.13 Å². The Labute approximate surface area is 369 Å². The smallest absolute Gasteiger partial charge is 0.131 e. The minimum Gasteiger partial charge on any atom is -0.339 e. The monoisotopic (exact) mass is 852 g/mol. The first-order valence-corrected chi connectivity index (χ1v) is 23.2. The van der Waals surface area contributed by atoms with E-state index in [0.717, 1.165) is 48.9 Å². The van der Waals surface area contributed by atoms with Crippen LogP contribution in [0, 0.1) is 23.5 Å². The fraction of sp³-hybridized carbons (Fsp3) is 0.0877. The number of para-hydroxylation sites is 2. The Bertz CT molecular complexity index is 3970. The predicted octanol–water partition coefficient (Wildman–Crippen LogP) is 16.7. The molecule has 1 aliphatic rings. The summed E-state index contributed by atoms with van der Waals surface area (Å²) in [4.78, 5) is 0. The molecule has 2 nitrogen and oxygen atoms in total. The summed E-state index contributed by atoms with van der Waals surface area (Å²) in [5.74, 6) is -0.920. The molecule has 4 heterocycles. The Kier molecular flexibility index (Phi) is 8.06. The molecule has 0 bridgehead atoms. The highest BCUT2D eigenvalue weighted by atomic mass is 32.1. The van der Waals surface area contributed by atoms with Crippen LogP contribution < -0.4 is 0 Å². The van der Waals surface area contributed by atoms with Crippen LogP contribution in [0.4, 0.5) is 8.78 Å². The first kappa shape index (κ1) is 36.8. The molecule has 0 fully saturated rings. The lowest BCUT2D eigenvalue weighted by Gasteiger charge is -2.27. The van der Waals surface area contributed by atoms with Gasteiger partial charge in [0.05, 0.1) is 31.6 Å². The Hall–Kier alpha value is -6.86. The van der Waals surface area contributed by atoms with Gasteiger partial charge in [-0.15, -0.1) is 22.7 Å². The molecule has 1 aliphatic carbocycles. The van der Waals surface area contributed by atoms with Gasteiger partial charge < -0.3 is 9.13 Å². The normalized spacial score (nSPS) is 15.3. The van der Waals surface area contributed by atoms with Gasteiger partial charge in [0.25, 0.3) is 0 Å².